The first-order chi connectivity index (χ1) is 12.0. The summed E-state index contributed by atoms with van der Waals surface area (Å²) in [7, 11) is 0. The molecule has 0 aromatic rings. The monoisotopic (exact) mass is 358 g/mol. The van der Waals surface area contributed by atoms with Gasteiger partial charge in [0.25, 0.3) is 0 Å². The van der Waals surface area contributed by atoms with E-state index < -0.39 is 36.1 Å². The van der Waals surface area contributed by atoms with Gasteiger partial charge in [0, 0.05) is 0 Å². The van der Waals surface area contributed by atoms with E-state index in [9.17, 15) is 20.1 Å². The van der Waals surface area contributed by atoms with E-state index in [4.69, 9.17) is 5.73 Å². The Balaban J connectivity index is 2.67. The molecule has 5 N–H and O–H groups in total. The number of primary amides is 1. The van der Waals surface area contributed by atoms with Gasteiger partial charge in [0.05, 0.1) is 36.8 Å². The number of likely N-dealkylation sites (tertiary alicyclic amines) is 1. The predicted octanol–water partition coefficient (Wildman–Crippen LogP) is 1.41. The van der Waals surface area contributed by atoms with Gasteiger partial charge in [-0.3, -0.25) is 9.69 Å². The number of carbonyl (C=O) groups is 1. The maximum atomic E-state index is 11.9. The molecule has 1 aliphatic rings. The van der Waals surface area contributed by atoms with E-state index in [1.54, 1.807) is 0 Å². The normalized spacial score (nSPS) is 28.4. The zero-order valence-electron chi connectivity index (χ0n) is 15.9. The molecule has 5 unspecified atom stereocenters. The van der Waals surface area contributed by atoms with Crippen LogP contribution in [0.15, 0.2) is 0 Å². The summed E-state index contributed by atoms with van der Waals surface area (Å²) in [4.78, 5) is 13.8. The number of rotatable bonds is 13. The van der Waals surface area contributed by atoms with Crippen LogP contribution in [0.4, 0.5) is 0 Å². The molecule has 0 spiro atoms. The summed E-state index contributed by atoms with van der Waals surface area (Å²) >= 11 is 0. The molecule has 25 heavy (non-hydrogen) atoms. The van der Waals surface area contributed by atoms with Crippen molar-refractivity contribution in [3.63, 3.8) is 0 Å². The maximum absolute atomic E-state index is 11.9. The Kier molecular flexibility index (Phi) is 10.6. The summed E-state index contributed by atoms with van der Waals surface area (Å²) < 4.78 is 0. The van der Waals surface area contributed by atoms with E-state index in [0.29, 0.717) is 13.0 Å². The van der Waals surface area contributed by atoms with Crippen molar-refractivity contribution in [1.82, 2.24) is 4.90 Å². The Hall–Kier alpha value is -0.690. The molecule has 148 valence electrons. The number of carbonyl (C=O) groups excluding carboxylic acids is 1. The molecule has 6 heteroatoms. The quantitative estimate of drug-likeness (QED) is 0.372. The molecule has 6 nitrogen and oxygen atoms in total. The minimum absolute atomic E-state index is 0.233. The summed E-state index contributed by atoms with van der Waals surface area (Å²) in [5.74, 6) is -0.947. The lowest BCUT2D eigenvalue weighted by Gasteiger charge is -2.33. The lowest BCUT2D eigenvalue weighted by molar-refractivity contribution is -0.125. The zero-order valence-corrected chi connectivity index (χ0v) is 15.9. The van der Waals surface area contributed by atoms with Crippen molar-refractivity contribution in [2.75, 3.05) is 13.2 Å². The molecular weight excluding hydrogens is 320 g/mol. The van der Waals surface area contributed by atoms with E-state index in [0.717, 1.165) is 19.3 Å². The van der Waals surface area contributed by atoms with Gasteiger partial charge >= 0.3 is 0 Å². The number of amides is 1. The van der Waals surface area contributed by atoms with Crippen LogP contribution < -0.4 is 5.73 Å². The highest BCUT2D eigenvalue weighted by molar-refractivity contribution is 5.77. The third-order valence-electron chi connectivity index (χ3n) is 5.49. The summed E-state index contributed by atoms with van der Waals surface area (Å²) in [6.07, 6.45) is 7.43. The molecule has 0 aliphatic carbocycles. The number of hydrogen-bond acceptors (Lipinski definition) is 5. The Bertz CT molecular complexity index is 380. The first-order valence-corrected chi connectivity index (χ1v) is 10.0. The van der Waals surface area contributed by atoms with Crippen molar-refractivity contribution in [2.45, 2.75) is 95.9 Å². The van der Waals surface area contributed by atoms with Crippen molar-refractivity contribution in [2.24, 2.45) is 11.7 Å². The van der Waals surface area contributed by atoms with Gasteiger partial charge in [-0.2, -0.15) is 0 Å². The molecule has 0 radical (unpaired) electrons. The molecule has 1 saturated heterocycles. The topological polar surface area (TPSA) is 107 Å². The van der Waals surface area contributed by atoms with Gasteiger partial charge in [0.1, 0.15) is 0 Å². The Morgan fingerprint density at radius 3 is 2.12 bits per heavy atom. The minimum atomic E-state index is -1.05. The first-order valence-electron chi connectivity index (χ1n) is 10.0. The molecule has 0 bridgehead atoms. The Labute approximate surface area is 152 Å². The second-order valence-electron chi connectivity index (χ2n) is 7.38. The highest BCUT2D eigenvalue weighted by Crippen LogP contribution is 2.32. The fraction of sp³-hybridized carbons (Fsp3) is 0.947. The van der Waals surface area contributed by atoms with Crippen molar-refractivity contribution in [3.05, 3.63) is 0 Å². The minimum Gasteiger partial charge on any atom is -0.395 e. The van der Waals surface area contributed by atoms with Crippen molar-refractivity contribution in [3.8, 4) is 0 Å². The summed E-state index contributed by atoms with van der Waals surface area (Å²) in [5, 5.41) is 30.4. The number of unbranched alkanes of at least 4 members (excludes halogenated alkanes) is 6. The van der Waals surface area contributed by atoms with Gasteiger partial charge in [-0.25, -0.2) is 0 Å². The molecule has 1 heterocycles. The van der Waals surface area contributed by atoms with Gasteiger partial charge < -0.3 is 21.1 Å². The van der Waals surface area contributed by atoms with Crippen molar-refractivity contribution < 1.29 is 20.1 Å². The number of nitrogens with two attached hydrogens (primary N) is 1. The van der Waals surface area contributed by atoms with Crippen molar-refractivity contribution >= 4 is 5.91 Å². The second-order valence-corrected chi connectivity index (χ2v) is 7.38. The van der Waals surface area contributed by atoms with E-state index in [1.807, 2.05) is 11.8 Å². The SMILES string of the molecule is CCCCCCCCCN1C(CO)C(O)C(O)C1C(CCC)C(N)=O. The molecule has 1 aliphatic heterocycles. The summed E-state index contributed by atoms with van der Waals surface area (Å²) in [6.45, 7) is 4.59. The van der Waals surface area contributed by atoms with Gasteiger partial charge in [0.2, 0.25) is 5.91 Å². The largest absolute Gasteiger partial charge is 0.395 e. The average molecular weight is 359 g/mol. The highest BCUT2D eigenvalue weighted by Gasteiger charge is 2.50. The van der Waals surface area contributed by atoms with Crippen LogP contribution in [-0.4, -0.2) is 63.6 Å². The van der Waals surface area contributed by atoms with Crippen LogP contribution in [-0.2, 0) is 4.79 Å². The van der Waals surface area contributed by atoms with Crippen LogP contribution in [0.3, 0.4) is 0 Å². The summed E-state index contributed by atoms with van der Waals surface area (Å²) in [5.41, 5.74) is 5.56. The predicted molar refractivity (Wildman–Crippen MR) is 99.0 cm³/mol. The lowest BCUT2D eigenvalue weighted by atomic mass is 9.90. The van der Waals surface area contributed by atoms with Gasteiger partial charge in [-0.1, -0.05) is 58.8 Å². The number of hydrogen-bond donors (Lipinski definition) is 4. The van der Waals surface area contributed by atoms with Gasteiger partial charge in [0.15, 0.2) is 0 Å². The third kappa shape index (κ3) is 6.20. The zero-order chi connectivity index (χ0) is 18.8. The molecular formula is C19H38N2O4. The van der Waals surface area contributed by atoms with Crippen LogP contribution in [0.25, 0.3) is 0 Å². The van der Waals surface area contributed by atoms with Crippen LogP contribution in [0.2, 0.25) is 0 Å². The average Bonchev–Trinajstić information content (AvgIpc) is 2.82. The molecule has 1 fully saturated rings. The van der Waals surface area contributed by atoms with Crippen LogP contribution >= 0.6 is 0 Å². The molecule has 0 saturated carbocycles. The number of nitrogens with zero attached hydrogens (tertiary/aromatic N) is 1. The smallest absolute Gasteiger partial charge is 0.222 e. The van der Waals surface area contributed by atoms with Crippen LogP contribution in [0.5, 0.6) is 0 Å². The third-order valence-corrected chi connectivity index (χ3v) is 5.49. The van der Waals surface area contributed by atoms with E-state index >= 15 is 0 Å². The second kappa shape index (κ2) is 11.8. The highest BCUT2D eigenvalue weighted by atomic mass is 16.3. The summed E-state index contributed by atoms with van der Waals surface area (Å²) in [6, 6.07) is -1.04. The van der Waals surface area contributed by atoms with Crippen LogP contribution in [0.1, 0.15) is 71.6 Å². The van der Waals surface area contributed by atoms with Gasteiger partial charge in [-0.15, -0.1) is 0 Å². The molecule has 5 atom stereocenters. The van der Waals surface area contributed by atoms with E-state index in [1.165, 1.54) is 32.1 Å². The standard InChI is InChI=1S/C19H38N2O4/c1-3-5-6-7-8-9-10-12-21-15(13-22)17(23)18(24)16(21)14(11-4-2)19(20)25/h14-18,22-24H,3-13H2,1-2H3,(H2,20,25). The fourth-order valence-corrected chi connectivity index (χ4v) is 4.08. The molecule has 0 aromatic heterocycles. The number of aliphatic hydroxyl groups is 3. The molecule has 1 rings (SSSR count). The molecule has 1 amide bonds. The lowest BCUT2D eigenvalue weighted by Crippen LogP contribution is -2.49. The van der Waals surface area contributed by atoms with E-state index in [2.05, 4.69) is 6.92 Å². The Morgan fingerprint density at radius 2 is 1.60 bits per heavy atom. The maximum Gasteiger partial charge on any atom is 0.222 e. The number of aliphatic hydroxyl groups excluding tert-OH is 3. The fourth-order valence-electron chi connectivity index (χ4n) is 4.08. The van der Waals surface area contributed by atoms with Crippen molar-refractivity contribution in [1.29, 1.82) is 0 Å². The Morgan fingerprint density at radius 1 is 1.00 bits per heavy atom. The molecule has 0 aromatic carbocycles. The first kappa shape index (κ1) is 22.4. The van der Waals surface area contributed by atoms with Crippen LogP contribution in [0, 0.1) is 5.92 Å². The van der Waals surface area contributed by atoms with Gasteiger partial charge in [-0.05, 0) is 19.4 Å². The van der Waals surface area contributed by atoms with E-state index in [-0.39, 0.29) is 6.61 Å².